The van der Waals surface area contributed by atoms with Crippen molar-refractivity contribution in [2.45, 2.75) is 6.42 Å². The molecule has 1 saturated heterocycles. The molecule has 1 heterocycles. The highest BCUT2D eigenvalue weighted by molar-refractivity contribution is 6.30. The van der Waals surface area contributed by atoms with E-state index in [1.54, 1.807) is 24.3 Å². The largest absolute Gasteiger partial charge is 0.274 e. The van der Waals surface area contributed by atoms with Crippen molar-refractivity contribution in [1.29, 1.82) is 0 Å². The lowest BCUT2D eigenvalue weighted by Gasteiger charge is -2.12. The van der Waals surface area contributed by atoms with Gasteiger partial charge in [0.1, 0.15) is 0 Å². The van der Waals surface area contributed by atoms with Gasteiger partial charge in [0.15, 0.2) is 0 Å². The zero-order chi connectivity index (χ0) is 14.7. The highest BCUT2D eigenvalue weighted by atomic mass is 16.2. The highest BCUT2D eigenvalue weighted by Crippen LogP contribution is 2.24. The van der Waals surface area contributed by atoms with Crippen molar-refractivity contribution in [3.8, 4) is 0 Å². The molecule has 4 heteroatoms. The van der Waals surface area contributed by atoms with E-state index in [0.29, 0.717) is 11.4 Å². The Labute approximate surface area is 122 Å². The van der Waals surface area contributed by atoms with Crippen LogP contribution in [0.3, 0.4) is 0 Å². The van der Waals surface area contributed by atoms with Crippen molar-refractivity contribution in [2.75, 3.05) is 4.90 Å². The van der Waals surface area contributed by atoms with Crippen molar-refractivity contribution in [2.24, 2.45) is 4.99 Å². The Morgan fingerprint density at radius 3 is 2.19 bits per heavy atom. The summed E-state index contributed by atoms with van der Waals surface area (Å²) >= 11 is 0. The molecule has 102 valence electrons. The third-order valence-corrected chi connectivity index (χ3v) is 3.13. The monoisotopic (exact) mass is 276 g/mol. The summed E-state index contributed by atoms with van der Waals surface area (Å²) in [6, 6.07) is 18.1. The molecule has 0 N–H and O–H groups in total. The zero-order valence-corrected chi connectivity index (χ0v) is 11.2. The highest BCUT2D eigenvalue weighted by Gasteiger charge is 2.35. The average molecular weight is 276 g/mol. The molecule has 1 aliphatic heterocycles. The number of para-hydroxylation sites is 2. The van der Waals surface area contributed by atoms with Crippen LogP contribution in [0.5, 0.6) is 0 Å². The van der Waals surface area contributed by atoms with Crippen molar-refractivity contribution in [3.05, 3.63) is 66.2 Å². The number of aliphatic imine (C=N–C) groups is 1. The summed E-state index contributed by atoms with van der Waals surface area (Å²) in [5, 5.41) is 0. The van der Waals surface area contributed by atoms with Crippen LogP contribution in [0.2, 0.25) is 0 Å². The van der Waals surface area contributed by atoms with E-state index in [4.69, 9.17) is 0 Å². The number of imide groups is 1. The van der Waals surface area contributed by atoms with E-state index in [0.717, 1.165) is 0 Å². The molecular weight excluding hydrogens is 264 g/mol. The maximum atomic E-state index is 12.3. The topological polar surface area (TPSA) is 49.7 Å². The van der Waals surface area contributed by atoms with Gasteiger partial charge in [0.05, 0.1) is 23.4 Å². The number of carbonyl (C=O) groups excluding carboxylic acids is 2. The second-order valence-corrected chi connectivity index (χ2v) is 4.58. The van der Waals surface area contributed by atoms with Crippen LogP contribution in [0.4, 0.5) is 11.4 Å². The lowest BCUT2D eigenvalue weighted by atomic mass is 10.2. The Kier molecular flexibility index (Phi) is 3.46. The van der Waals surface area contributed by atoms with Gasteiger partial charge in [-0.05, 0) is 30.1 Å². The number of nitrogens with zero attached hydrogens (tertiary/aromatic N) is 2. The smallest absolute Gasteiger partial charge is 0.270 e. The lowest BCUT2D eigenvalue weighted by molar-refractivity contribution is -0.120. The molecular formula is C17H12N2O2. The number of hydrogen-bond donors (Lipinski definition) is 0. The molecule has 2 amide bonds. The first-order chi connectivity index (χ1) is 10.3. The Bertz CT molecular complexity index is 745. The maximum absolute atomic E-state index is 12.3. The third-order valence-electron chi connectivity index (χ3n) is 3.13. The lowest BCUT2D eigenvalue weighted by Crippen LogP contribution is -2.28. The molecule has 2 aromatic rings. The van der Waals surface area contributed by atoms with Crippen LogP contribution in [0, 0.1) is 0 Å². The Morgan fingerprint density at radius 2 is 1.52 bits per heavy atom. The van der Waals surface area contributed by atoms with Gasteiger partial charge in [0.2, 0.25) is 5.91 Å². The molecule has 0 aromatic heterocycles. The van der Waals surface area contributed by atoms with Crippen molar-refractivity contribution in [3.63, 3.8) is 0 Å². The first-order valence-electron chi connectivity index (χ1n) is 6.55. The van der Waals surface area contributed by atoms with Gasteiger partial charge in [0, 0.05) is 0 Å². The summed E-state index contributed by atoms with van der Waals surface area (Å²) < 4.78 is 0. The van der Waals surface area contributed by atoms with E-state index in [1.807, 2.05) is 36.4 Å². The van der Waals surface area contributed by atoms with Gasteiger partial charge in [-0.1, -0.05) is 36.4 Å². The number of benzene rings is 2. The summed E-state index contributed by atoms with van der Waals surface area (Å²) in [7, 11) is 0. The number of carbonyl (C=O) groups is 2. The first kappa shape index (κ1) is 13.0. The predicted molar refractivity (Wildman–Crippen MR) is 80.6 cm³/mol. The molecule has 0 spiro atoms. The number of anilines is 1. The Morgan fingerprint density at radius 1 is 0.905 bits per heavy atom. The van der Waals surface area contributed by atoms with E-state index in [2.05, 4.69) is 10.9 Å². The summed E-state index contributed by atoms with van der Waals surface area (Å²) in [5.41, 5.74) is 1.56. The van der Waals surface area contributed by atoms with E-state index in [-0.39, 0.29) is 23.8 Å². The molecule has 0 radical (unpaired) electrons. The molecule has 4 nitrogen and oxygen atoms in total. The van der Waals surface area contributed by atoms with Gasteiger partial charge >= 0.3 is 0 Å². The minimum atomic E-state index is -0.356. The average Bonchev–Trinajstić information content (AvgIpc) is 2.81. The summed E-state index contributed by atoms with van der Waals surface area (Å²) in [6.07, 6.45) is 0.0318. The molecule has 1 aliphatic rings. The van der Waals surface area contributed by atoms with Crippen LogP contribution in [-0.2, 0) is 9.59 Å². The molecule has 21 heavy (non-hydrogen) atoms. The summed E-state index contributed by atoms with van der Waals surface area (Å²) in [4.78, 5) is 29.6. The second kappa shape index (κ2) is 5.57. The van der Waals surface area contributed by atoms with Crippen LogP contribution in [0.25, 0.3) is 0 Å². The normalized spacial score (nSPS) is 14.3. The van der Waals surface area contributed by atoms with Crippen molar-refractivity contribution in [1.82, 2.24) is 0 Å². The van der Waals surface area contributed by atoms with Crippen LogP contribution in [0.15, 0.2) is 71.2 Å². The zero-order valence-electron chi connectivity index (χ0n) is 11.2. The van der Waals surface area contributed by atoms with Gasteiger partial charge in [-0.15, -0.1) is 0 Å². The predicted octanol–water partition coefficient (Wildman–Crippen LogP) is 2.88. The van der Waals surface area contributed by atoms with E-state index in [9.17, 15) is 9.59 Å². The third kappa shape index (κ3) is 2.66. The Balaban J connectivity index is 1.92. The summed E-state index contributed by atoms with van der Waals surface area (Å²) in [5.74, 6) is 2.10. The van der Waals surface area contributed by atoms with Crippen molar-refractivity contribution < 1.29 is 9.59 Å². The fourth-order valence-corrected chi connectivity index (χ4v) is 2.11. The van der Waals surface area contributed by atoms with Gasteiger partial charge in [-0.25, -0.2) is 9.89 Å². The molecule has 3 rings (SSSR count). The van der Waals surface area contributed by atoms with Gasteiger partial charge in [-0.2, -0.15) is 0 Å². The number of hydrogen-bond acceptors (Lipinski definition) is 3. The van der Waals surface area contributed by atoms with E-state index in [1.165, 1.54) is 4.90 Å². The van der Waals surface area contributed by atoms with E-state index < -0.39 is 0 Å². The minimum absolute atomic E-state index is 0.0318. The molecule has 0 bridgehead atoms. The number of amides is 2. The molecule has 0 saturated carbocycles. The SMILES string of the molecule is O=C1CC(=C=Nc2ccccc2)C(=O)N1c1ccccc1. The van der Waals surface area contributed by atoms with E-state index >= 15 is 0 Å². The fraction of sp³-hybridized carbons (Fsp3) is 0.0588. The minimum Gasteiger partial charge on any atom is -0.274 e. The van der Waals surface area contributed by atoms with Gasteiger partial charge < -0.3 is 0 Å². The Hall–Kier alpha value is -2.97. The maximum Gasteiger partial charge on any atom is 0.270 e. The summed E-state index contributed by atoms with van der Waals surface area (Å²) in [6.45, 7) is 0. The fourth-order valence-electron chi connectivity index (χ4n) is 2.11. The van der Waals surface area contributed by atoms with Crippen LogP contribution in [0.1, 0.15) is 6.42 Å². The quantitative estimate of drug-likeness (QED) is 0.481. The molecule has 0 atom stereocenters. The standard InChI is InChI=1S/C17H12N2O2/c20-16-11-13(12-18-14-7-3-1-4-8-14)17(21)19(16)15-9-5-2-6-10-15/h1-10H,11H2. The van der Waals surface area contributed by atoms with Crippen molar-refractivity contribution >= 4 is 29.1 Å². The van der Waals surface area contributed by atoms with Gasteiger partial charge in [-0.3, -0.25) is 9.59 Å². The first-order valence-corrected chi connectivity index (χ1v) is 6.55. The van der Waals surface area contributed by atoms with Crippen LogP contribution >= 0.6 is 0 Å². The second-order valence-electron chi connectivity index (χ2n) is 4.58. The molecule has 0 aliphatic carbocycles. The van der Waals surface area contributed by atoms with Crippen LogP contribution in [-0.4, -0.2) is 17.7 Å². The van der Waals surface area contributed by atoms with Crippen LogP contribution < -0.4 is 4.90 Å². The molecule has 2 aromatic carbocycles. The van der Waals surface area contributed by atoms with Gasteiger partial charge in [0.25, 0.3) is 5.91 Å². The molecule has 1 fully saturated rings. The number of rotatable bonds is 2. The molecule has 0 unspecified atom stereocenters.